The number of hydrogen-bond acceptors (Lipinski definition) is 4. The summed E-state index contributed by atoms with van der Waals surface area (Å²) in [6.07, 6.45) is 0.0594. The molecule has 1 amide bonds. The highest BCUT2D eigenvalue weighted by molar-refractivity contribution is 5.95. The molecule has 2 N–H and O–H groups in total. The molecule has 0 aromatic heterocycles. The Balaban J connectivity index is 1.91. The van der Waals surface area contributed by atoms with E-state index in [0.717, 1.165) is 17.8 Å². The van der Waals surface area contributed by atoms with Gasteiger partial charge in [-0.1, -0.05) is 6.07 Å². The van der Waals surface area contributed by atoms with Crippen LogP contribution in [-0.4, -0.2) is 25.8 Å². The van der Waals surface area contributed by atoms with E-state index < -0.39 is 0 Å². The van der Waals surface area contributed by atoms with Gasteiger partial charge in [0.25, 0.3) is 5.91 Å². The van der Waals surface area contributed by atoms with E-state index in [0.29, 0.717) is 12.5 Å². The molecule has 3 rings (SSSR count). The van der Waals surface area contributed by atoms with Crippen molar-refractivity contribution in [1.29, 1.82) is 0 Å². The van der Waals surface area contributed by atoms with Crippen LogP contribution in [0.15, 0.2) is 18.2 Å². The number of rotatable bonds is 1. The van der Waals surface area contributed by atoms with Crippen molar-refractivity contribution in [3.8, 4) is 5.75 Å². The predicted molar refractivity (Wildman–Crippen MR) is 57.3 cm³/mol. The Kier molecular flexibility index (Phi) is 2.27. The molecule has 5 nitrogen and oxygen atoms in total. The van der Waals surface area contributed by atoms with Crippen LogP contribution in [0, 0.1) is 0 Å². The Hall–Kier alpha value is -1.59. The Labute approximate surface area is 92.7 Å². The summed E-state index contributed by atoms with van der Waals surface area (Å²) in [4.78, 5) is 11.2. The van der Waals surface area contributed by atoms with Crippen LogP contribution in [0.4, 0.5) is 5.69 Å². The maximum Gasteiger partial charge on any atom is 0.262 e. The molecule has 0 radical (unpaired) electrons. The second-order valence-electron chi connectivity index (χ2n) is 3.85. The molecule has 1 atom stereocenters. The van der Waals surface area contributed by atoms with Crippen LogP contribution in [0.3, 0.4) is 0 Å². The van der Waals surface area contributed by atoms with Crippen LogP contribution < -0.4 is 15.4 Å². The molecule has 0 bridgehead atoms. The standard InChI is InChI=1S/C11H12N2O3/c14-11-5-15-9-2-1-7(3-8(9)13-11)10-4-12-6-16-10/h1-3,10,12H,4-6H2,(H,13,14). The van der Waals surface area contributed by atoms with Gasteiger partial charge >= 0.3 is 0 Å². The molecule has 2 heterocycles. The Bertz CT molecular complexity index is 427. The number of hydrogen-bond donors (Lipinski definition) is 2. The number of nitrogens with one attached hydrogen (secondary N) is 2. The normalized spacial score (nSPS) is 23.5. The van der Waals surface area contributed by atoms with Crippen LogP contribution in [0.5, 0.6) is 5.75 Å². The first-order valence-corrected chi connectivity index (χ1v) is 5.22. The average Bonchev–Trinajstić information content (AvgIpc) is 2.81. The quantitative estimate of drug-likeness (QED) is 0.729. The van der Waals surface area contributed by atoms with E-state index in [2.05, 4.69) is 10.6 Å². The van der Waals surface area contributed by atoms with Crippen molar-refractivity contribution in [2.75, 3.05) is 25.2 Å². The monoisotopic (exact) mass is 220 g/mol. The number of amides is 1. The molecule has 84 valence electrons. The Morgan fingerprint density at radius 3 is 3.12 bits per heavy atom. The molecule has 2 aliphatic rings. The van der Waals surface area contributed by atoms with Gasteiger partial charge in [0.2, 0.25) is 0 Å². The third kappa shape index (κ3) is 1.64. The van der Waals surface area contributed by atoms with Gasteiger partial charge in [0.15, 0.2) is 6.61 Å². The molecule has 1 aromatic carbocycles. The number of carbonyl (C=O) groups excluding carboxylic acids is 1. The van der Waals surface area contributed by atoms with Crippen molar-refractivity contribution in [3.63, 3.8) is 0 Å². The first-order valence-electron chi connectivity index (χ1n) is 5.22. The lowest BCUT2D eigenvalue weighted by Crippen LogP contribution is -2.25. The summed E-state index contributed by atoms with van der Waals surface area (Å²) in [5.74, 6) is 0.601. The molecule has 1 fully saturated rings. The maximum absolute atomic E-state index is 11.2. The summed E-state index contributed by atoms with van der Waals surface area (Å²) in [5, 5.41) is 5.90. The van der Waals surface area contributed by atoms with Gasteiger partial charge in [-0.05, 0) is 17.7 Å². The highest BCUT2D eigenvalue weighted by Gasteiger charge is 2.21. The average molecular weight is 220 g/mol. The molecule has 0 spiro atoms. The van der Waals surface area contributed by atoms with Gasteiger partial charge in [0.1, 0.15) is 5.75 Å². The minimum absolute atomic E-state index is 0.0594. The van der Waals surface area contributed by atoms with E-state index >= 15 is 0 Å². The Morgan fingerprint density at radius 2 is 2.31 bits per heavy atom. The number of ether oxygens (including phenoxy) is 2. The summed E-state index contributed by atoms with van der Waals surface area (Å²) in [6.45, 7) is 1.46. The number of fused-ring (bicyclic) bond motifs is 1. The van der Waals surface area contributed by atoms with Gasteiger partial charge in [-0.15, -0.1) is 0 Å². The summed E-state index contributed by atoms with van der Waals surface area (Å²) < 4.78 is 10.8. The van der Waals surface area contributed by atoms with E-state index in [9.17, 15) is 4.79 Å². The summed E-state index contributed by atoms with van der Waals surface area (Å²) in [6, 6.07) is 5.74. The van der Waals surface area contributed by atoms with Gasteiger partial charge in [0, 0.05) is 6.54 Å². The molecule has 2 aliphatic heterocycles. The van der Waals surface area contributed by atoms with Gasteiger partial charge < -0.3 is 14.8 Å². The van der Waals surface area contributed by atoms with Gasteiger partial charge in [-0.2, -0.15) is 0 Å². The zero-order chi connectivity index (χ0) is 11.0. The number of anilines is 1. The van der Waals surface area contributed by atoms with Crippen molar-refractivity contribution in [2.24, 2.45) is 0 Å². The summed E-state index contributed by atoms with van der Waals surface area (Å²) >= 11 is 0. The summed E-state index contributed by atoms with van der Waals surface area (Å²) in [7, 11) is 0. The largest absolute Gasteiger partial charge is 0.482 e. The fraction of sp³-hybridized carbons (Fsp3) is 0.364. The molecule has 16 heavy (non-hydrogen) atoms. The summed E-state index contributed by atoms with van der Waals surface area (Å²) in [5.41, 5.74) is 1.78. The zero-order valence-corrected chi connectivity index (χ0v) is 8.66. The van der Waals surface area contributed by atoms with Gasteiger partial charge in [-0.3, -0.25) is 10.1 Å². The van der Waals surface area contributed by atoms with Crippen molar-refractivity contribution in [2.45, 2.75) is 6.10 Å². The van der Waals surface area contributed by atoms with Gasteiger partial charge in [0.05, 0.1) is 18.5 Å². The van der Waals surface area contributed by atoms with Crippen LogP contribution in [0.1, 0.15) is 11.7 Å². The molecule has 0 saturated carbocycles. The fourth-order valence-electron chi connectivity index (χ4n) is 1.92. The lowest BCUT2D eigenvalue weighted by Gasteiger charge is -2.19. The Morgan fingerprint density at radius 1 is 1.38 bits per heavy atom. The van der Waals surface area contributed by atoms with Crippen molar-refractivity contribution < 1.29 is 14.3 Å². The topological polar surface area (TPSA) is 59.6 Å². The molecular formula is C11H12N2O3. The number of carbonyl (C=O) groups is 1. The fourth-order valence-corrected chi connectivity index (χ4v) is 1.92. The van der Waals surface area contributed by atoms with Crippen molar-refractivity contribution >= 4 is 11.6 Å². The molecule has 1 saturated heterocycles. The SMILES string of the molecule is O=C1COc2ccc(C3CNCO3)cc2N1. The molecule has 1 unspecified atom stereocenters. The van der Waals surface area contributed by atoms with E-state index in [1.54, 1.807) is 0 Å². The number of benzene rings is 1. The van der Waals surface area contributed by atoms with Crippen molar-refractivity contribution in [1.82, 2.24) is 5.32 Å². The lowest BCUT2D eigenvalue weighted by atomic mass is 10.1. The van der Waals surface area contributed by atoms with E-state index in [1.165, 1.54) is 0 Å². The predicted octanol–water partition coefficient (Wildman–Crippen LogP) is 0.636. The van der Waals surface area contributed by atoms with E-state index in [4.69, 9.17) is 9.47 Å². The van der Waals surface area contributed by atoms with Crippen LogP contribution >= 0.6 is 0 Å². The second kappa shape index (κ2) is 3.77. The lowest BCUT2D eigenvalue weighted by molar-refractivity contribution is -0.118. The van der Waals surface area contributed by atoms with E-state index in [1.807, 2.05) is 18.2 Å². The molecule has 1 aromatic rings. The third-order valence-electron chi connectivity index (χ3n) is 2.72. The van der Waals surface area contributed by atoms with Crippen LogP contribution in [-0.2, 0) is 9.53 Å². The highest BCUT2D eigenvalue weighted by atomic mass is 16.5. The van der Waals surface area contributed by atoms with Gasteiger partial charge in [-0.25, -0.2) is 0 Å². The van der Waals surface area contributed by atoms with Crippen LogP contribution in [0.2, 0.25) is 0 Å². The molecular weight excluding hydrogens is 208 g/mol. The third-order valence-corrected chi connectivity index (χ3v) is 2.72. The minimum atomic E-state index is -0.116. The molecule has 0 aliphatic carbocycles. The first kappa shape index (κ1) is 9.62. The zero-order valence-electron chi connectivity index (χ0n) is 8.66. The smallest absolute Gasteiger partial charge is 0.262 e. The van der Waals surface area contributed by atoms with Crippen LogP contribution in [0.25, 0.3) is 0 Å². The molecule has 5 heteroatoms. The highest BCUT2D eigenvalue weighted by Crippen LogP contribution is 2.31. The minimum Gasteiger partial charge on any atom is -0.482 e. The van der Waals surface area contributed by atoms with Crippen molar-refractivity contribution in [3.05, 3.63) is 23.8 Å². The van der Waals surface area contributed by atoms with E-state index in [-0.39, 0.29) is 18.6 Å². The maximum atomic E-state index is 11.2. The first-order chi connectivity index (χ1) is 7.83. The second-order valence-corrected chi connectivity index (χ2v) is 3.85.